The van der Waals surface area contributed by atoms with Crippen molar-refractivity contribution in [2.24, 2.45) is 5.73 Å². The summed E-state index contributed by atoms with van der Waals surface area (Å²) in [5.41, 5.74) is 6.10. The van der Waals surface area contributed by atoms with Crippen molar-refractivity contribution in [2.75, 3.05) is 6.54 Å². The molecule has 2 aromatic rings. The van der Waals surface area contributed by atoms with Gasteiger partial charge in [-0.15, -0.1) is 0 Å². The highest BCUT2D eigenvalue weighted by Crippen LogP contribution is 2.27. The summed E-state index contributed by atoms with van der Waals surface area (Å²) in [5.74, 6) is -1.83. The van der Waals surface area contributed by atoms with Gasteiger partial charge in [-0.2, -0.15) is 0 Å². The maximum Gasteiger partial charge on any atom is 0.261 e. The first kappa shape index (κ1) is 18.5. The van der Waals surface area contributed by atoms with Gasteiger partial charge in [-0.3, -0.25) is 19.3 Å². The molecular weight excluding hydrogens is 355 g/mol. The van der Waals surface area contributed by atoms with Gasteiger partial charge in [-0.25, -0.2) is 4.39 Å². The number of imide groups is 1. The molecule has 0 spiro atoms. The molecule has 1 atom stereocenters. The van der Waals surface area contributed by atoms with E-state index in [0.717, 1.165) is 10.5 Å². The van der Waals surface area contributed by atoms with Gasteiger partial charge >= 0.3 is 0 Å². The lowest BCUT2D eigenvalue weighted by Crippen LogP contribution is -2.38. The van der Waals surface area contributed by atoms with E-state index in [2.05, 4.69) is 0 Å². The molecule has 0 saturated heterocycles. The van der Waals surface area contributed by atoms with E-state index in [-0.39, 0.29) is 36.5 Å². The number of hydrogen-bond acceptors (Lipinski definition) is 5. The molecule has 3 amide bonds. The summed E-state index contributed by atoms with van der Waals surface area (Å²) in [6, 6.07) is 10.3. The van der Waals surface area contributed by atoms with Gasteiger partial charge in [0.25, 0.3) is 11.8 Å². The van der Waals surface area contributed by atoms with Crippen LogP contribution in [0.4, 0.5) is 4.39 Å². The molecule has 27 heavy (non-hydrogen) atoms. The smallest absolute Gasteiger partial charge is 0.261 e. The summed E-state index contributed by atoms with van der Waals surface area (Å²) >= 11 is 0. The van der Waals surface area contributed by atoms with Crippen LogP contribution in [0.1, 0.15) is 32.7 Å². The van der Waals surface area contributed by atoms with Crippen LogP contribution in [0, 0.1) is 5.82 Å². The number of nitrogens with zero attached hydrogens (tertiary/aromatic N) is 1. The highest BCUT2D eigenvalue weighted by atomic mass is 19.1. The SMILES string of the molecule is NC(=O)CC(O)CN1C(=O)c2ccc(OCc3ccc(F)cc3)cc2C1=O. The number of hydrogen-bond donors (Lipinski definition) is 2. The fraction of sp³-hybridized carbons (Fsp3) is 0.211. The van der Waals surface area contributed by atoms with E-state index in [9.17, 15) is 23.9 Å². The fourth-order valence-electron chi connectivity index (χ4n) is 2.78. The van der Waals surface area contributed by atoms with Crippen LogP contribution in [0.5, 0.6) is 5.75 Å². The Morgan fingerprint density at radius 2 is 1.78 bits per heavy atom. The van der Waals surface area contributed by atoms with Crippen molar-refractivity contribution in [1.82, 2.24) is 4.90 Å². The van der Waals surface area contributed by atoms with E-state index in [1.165, 1.54) is 24.3 Å². The molecule has 2 aromatic carbocycles. The Kier molecular flexibility index (Phi) is 5.18. The van der Waals surface area contributed by atoms with Gasteiger partial charge in [-0.05, 0) is 35.9 Å². The second-order valence-electron chi connectivity index (χ2n) is 6.17. The third-order valence-corrected chi connectivity index (χ3v) is 4.09. The third-order valence-electron chi connectivity index (χ3n) is 4.09. The average Bonchev–Trinajstić information content (AvgIpc) is 2.85. The van der Waals surface area contributed by atoms with Gasteiger partial charge in [0, 0.05) is 0 Å². The van der Waals surface area contributed by atoms with E-state index in [1.54, 1.807) is 18.2 Å². The van der Waals surface area contributed by atoms with Crippen molar-refractivity contribution in [3.05, 3.63) is 65.0 Å². The number of aliphatic hydroxyl groups is 1. The average molecular weight is 372 g/mol. The molecule has 3 rings (SSSR count). The number of carbonyl (C=O) groups is 3. The number of halogens is 1. The summed E-state index contributed by atoms with van der Waals surface area (Å²) in [5, 5.41) is 9.78. The molecule has 0 aliphatic carbocycles. The lowest BCUT2D eigenvalue weighted by atomic mass is 10.1. The topological polar surface area (TPSA) is 110 Å². The molecule has 3 N–H and O–H groups in total. The van der Waals surface area contributed by atoms with Crippen molar-refractivity contribution in [3.63, 3.8) is 0 Å². The lowest BCUT2D eigenvalue weighted by Gasteiger charge is -2.17. The predicted molar refractivity (Wildman–Crippen MR) is 92.4 cm³/mol. The minimum Gasteiger partial charge on any atom is -0.489 e. The van der Waals surface area contributed by atoms with Gasteiger partial charge in [0.2, 0.25) is 5.91 Å². The Morgan fingerprint density at radius 1 is 1.11 bits per heavy atom. The number of ether oxygens (including phenoxy) is 1. The van der Waals surface area contributed by atoms with Crippen molar-refractivity contribution < 1.29 is 28.6 Å². The van der Waals surface area contributed by atoms with Crippen molar-refractivity contribution in [2.45, 2.75) is 19.1 Å². The number of benzene rings is 2. The van der Waals surface area contributed by atoms with Crippen LogP contribution in [-0.2, 0) is 11.4 Å². The molecule has 1 aliphatic rings. The summed E-state index contributed by atoms with van der Waals surface area (Å²) < 4.78 is 18.5. The Labute approximate surface area is 154 Å². The number of fused-ring (bicyclic) bond motifs is 1. The quantitative estimate of drug-likeness (QED) is 0.711. The monoisotopic (exact) mass is 372 g/mol. The number of amides is 3. The maximum absolute atomic E-state index is 12.9. The number of β-amino-alcohol motifs (C(OH)–C–C–N with tert-alkyl or cyclic N) is 1. The minimum atomic E-state index is -1.22. The van der Waals surface area contributed by atoms with E-state index < -0.39 is 23.8 Å². The van der Waals surface area contributed by atoms with Crippen molar-refractivity contribution in [3.8, 4) is 5.75 Å². The molecule has 0 bridgehead atoms. The van der Waals surface area contributed by atoms with E-state index in [0.29, 0.717) is 5.75 Å². The number of nitrogens with two attached hydrogens (primary N) is 1. The number of aliphatic hydroxyl groups excluding tert-OH is 1. The van der Waals surface area contributed by atoms with Gasteiger partial charge in [0.05, 0.1) is 30.2 Å². The molecule has 140 valence electrons. The summed E-state index contributed by atoms with van der Waals surface area (Å²) in [4.78, 5) is 36.6. The van der Waals surface area contributed by atoms with Gasteiger partial charge in [0.15, 0.2) is 0 Å². The van der Waals surface area contributed by atoms with Crippen LogP contribution >= 0.6 is 0 Å². The zero-order valence-electron chi connectivity index (χ0n) is 14.2. The Bertz CT molecular complexity index is 897. The summed E-state index contributed by atoms with van der Waals surface area (Å²) in [6.45, 7) is -0.150. The van der Waals surface area contributed by atoms with E-state index >= 15 is 0 Å². The first-order chi connectivity index (χ1) is 12.8. The van der Waals surface area contributed by atoms with Crippen LogP contribution in [0.25, 0.3) is 0 Å². The Hall–Kier alpha value is -3.26. The van der Waals surface area contributed by atoms with Crippen LogP contribution in [0.3, 0.4) is 0 Å². The molecule has 0 saturated carbocycles. The third kappa shape index (κ3) is 4.12. The normalized spacial score (nSPS) is 14.2. The van der Waals surface area contributed by atoms with Gasteiger partial charge in [0.1, 0.15) is 18.2 Å². The molecule has 8 heteroatoms. The number of carbonyl (C=O) groups excluding carboxylic acids is 3. The molecule has 7 nitrogen and oxygen atoms in total. The van der Waals surface area contributed by atoms with Crippen LogP contribution in [-0.4, -0.2) is 40.4 Å². The van der Waals surface area contributed by atoms with E-state index in [4.69, 9.17) is 10.5 Å². The lowest BCUT2D eigenvalue weighted by molar-refractivity contribution is -0.120. The highest BCUT2D eigenvalue weighted by molar-refractivity contribution is 6.21. The van der Waals surface area contributed by atoms with Crippen LogP contribution in [0.2, 0.25) is 0 Å². The second-order valence-corrected chi connectivity index (χ2v) is 6.17. The van der Waals surface area contributed by atoms with Crippen LogP contribution in [0.15, 0.2) is 42.5 Å². The standard InChI is InChI=1S/C19H17FN2O5/c20-12-3-1-11(2-4-12)10-27-14-5-6-15-16(8-14)19(26)22(18(15)25)9-13(23)7-17(21)24/h1-6,8,13,23H,7,9-10H2,(H2,21,24). The zero-order valence-corrected chi connectivity index (χ0v) is 14.2. The molecule has 0 aromatic heterocycles. The van der Waals surface area contributed by atoms with Crippen LogP contribution < -0.4 is 10.5 Å². The van der Waals surface area contributed by atoms with Gasteiger partial charge in [-0.1, -0.05) is 12.1 Å². The maximum atomic E-state index is 12.9. The van der Waals surface area contributed by atoms with Crippen molar-refractivity contribution in [1.29, 1.82) is 0 Å². The molecule has 0 fully saturated rings. The summed E-state index contributed by atoms with van der Waals surface area (Å²) in [6.07, 6.45) is -1.57. The fourth-order valence-corrected chi connectivity index (χ4v) is 2.78. The largest absolute Gasteiger partial charge is 0.489 e. The second kappa shape index (κ2) is 7.55. The van der Waals surface area contributed by atoms with Gasteiger partial charge < -0.3 is 15.6 Å². The molecular formula is C19H17FN2O5. The Balaban J connectivity index is 1.71. The predicted octanol–water partition coefficient (Wildman–Crippen LogP) is 1.24. The summed E-state index contributed by atoms with van der Waals surface area (Å²) in [7, 11) is 0. The van der Waals surface area contributed by atoms with Crippen molar-refractivity contribution >= 4 is 17.7 Å². The Morgan fingerprint density at radius 3 is 2.44 bits per heavy atom. The molecule has 1 unspecified atom stereocenters. The number of primary amides is 1. The first-order valence-electron chi connectivity index (χ1n) is 8.19. The first-order valence-corrected chi connectivity index (χ1v) is 8.19. The zero-order chi connectivity index (χ0) is 19.6. The molecule has 0 radical (unpaired) electrons. The number of rotatable bonds is 7. The highest BCUT2D eigenvalue weighted by Gasteiger charge is 2.37. The molecule has 1 heterocycles. The molecule has 1 aliphatic heterocycles. The van der Waals surface area contributed by atoms with E-state index in [1.807, 2.05) is 0 Å². The minimum absolute atomic E-state index is 0.155.